The van der Waals surface area contributed by atoms with E-state index in [1.807, 2.05) is 55.5 Å². The van der Waals surface area contributed by atoms with Crippen LogP contribution in [0.5, 0.6) is 6.01 Å². The Morgan fingerprint density at radius 3 is 2.45 bits per heavy atom. The zero-order valence-electron chi connectivity index (χ0n) is 21.1. The summed E-state index contributed by atoms with van der Waals surface area (Å²) in [6, 6.07) is 18.3. The number of hydrogen-bond acceptors (Lipinski definition) is 6. The molecule has 38 heavy (non-hydrogen) atoms. The second-order valence-electron chi connectivity index (χ2n) is 9.58. The monoisotopic (exact) mass is 535 g/mol. The second-order valence-corrected chi connectivity index (χ2v) is 9.98. The zero-order valence-corrected chi connectivity index (χ0v) is 21.8. The van der Waals surface area contributed by atoms with Crippen LogP contribution >= 0.6 is 11.6 Å². The third kappa shape index (κ3) is 5.99. The number of carbonyl (C=O) groups is 1. The van der Waals surface area contributed by atoms with Gasteiger partial charge in [-0.05, 0) is 42.0 Å². The SMILES string of the molecule is CC[C@H]1OC[C@H](Oc2nc3nc(-c4ccc(-c5ccc(CCCC(=O)O)cc5)cc4)c(Cl)cc3[nH]2)C[C@@H]1O. The van der Waals surface area contributed by atoms with Crippen LogP contribution in [0.15, 0.2) is 54.6 Å². The minimum absolute atomic E-state index is 0.158. The molecular weight excluding hydrogens is 506 g/mol. The molecule has 4 aromatic rings. The van der Waals surface area contributed by atoms with Gasteiger partial charge in [0, 0.05) is 18.4 Å². The molecule has 198 valence electrons. The predicted molar refractivity (Wildman–Crippen MR) is 145 cm³/mol. The molecule has 1 aliphatic heterocycles. The van der Waals surface area contributed by atoms with E-state index in [0.717, 1.165) is 35.1 Å². The number of H-pyrrole nitrogens is 1. The number of carboxylic acids is 1. The van der Waals surface area contributed by atoms with Crippen molar-refractivity contribution in [2.75, 3.05) is 6.61 Å². The van der Waals surface area contributed by atoms with Gasteiger partial charge < -0.3 is 24.7 Å². The van der Waals surface area contributed by atoms with Crippen LogP contribution in [0.25, 0.3) is 33.5 Å². The summed E-state index contributed by atoms with van der Waals surface area (Å²) in [5, 5.41) is 19.5. The summed E-state index contributed by atoms with van der Waals surface area (Å²) in [7, 11) is 0. The first-order valence-corrected chi connectivity index (χ1v) is 13.2. The molecule has 0 amide bonds. The maximum Gasteiger partial charge on any atom is 0.303 e. The number of ether oxygens (including phenoxy) is 2. The van der Waals surface area contributed by atoms with E-state index in [-0.39, 0.29) is 18.6 Å². The maximum absolute atomic E-state index is 10.7. The van der Waals surface area contributed by atoms with E-state index in [0.29, 0.717) is 47.3 Å². The highest BCUT2D eigenvalue weighted by molar-refractivity contribution is 6.33. The molecule has 0 bridgehead atoms. The summed E-state index contributed by atoms with van der Waals surface area (Å²) in [5.74, 6) is -0.767. The van der Waals surface area contributed by atoms with E-state index in [1.165, 1.54) is 0 Å². The number of carboxylic acid groups (broad SMARTS) is 1. The molecule has 3 atom stereocenters. The highest BCUT2D eigenvalue weighted by Gasteiger charge is 2.30. The maximum atomic E-state index is 10.7. The number of aliphatic carboxylic acids is 1. The number of nitrogens with zero attached hydrogens (tertiary/aromatic N) is 2. The third-order valence-electron chi connectivity index (χ3n) is 6.82. The van der Waals surface area contributed by atoms with E-state index in [9.17, 15) is 9.90 Å². The standard InChI is InChI=1S/C29H30ClN3O5/c1-2-25-24(34)14-21(16-37-25)38-29-31-23-15-22(30)27(32-28(23)33-29)20-12-10-19(11-13-20)18-8-6-17(7-9-18)4-3-5-26(35)36/h6-13,15,21,24-25,34H,2-5,14,16H2,1H3,(H,35,36)(H,31,32,33)/t21-,24+,25-/m1/s1. The first-order chi connectivity index (χ1) is 18.4. The fourth-order valence-electron chi connectivity index (χ4n) is 4.74. The van der Waals surface area contributed by atoms with Gasteiger partial charge in [0.25, 0.3) is 6.01 Å². The minimum Gasteiger partial charge on any atom is -0.481 e. The van der Waals surface area contributed by atoms with Crippen molar-refractivity contribution >= 4 is 28.7 Å². The van der Waals surface area contributed by atoms with Crippen molar-refractivity contribution in [1.29, 1.82) is 0 Å². The van der Waals surface area contributed by atoms with Crippen molar-refractivity contribution in [2.45, 2.75) is 57.3 Å². The molecular formula is C29H30ClN3O5. The molecule has 1 saturated heterocycles. The predicted octanol–water partition coefficient (Wildman–Crippen LogP) is 5.66. The van der Waals surface area contributed by atoms with Gasteiger partial charge in [0.05, 0.1) is 35.0 Å². The lowest BCUT2D eigenvalue weighted by Crippen LogP contribution is -2.43. The summed E-state index contributed by atoms with van der Waals surface area (Å²) in [6.07, 6.45) is 1.77. The molecule has 5 rings (SSSR count). The van der Waals surface area contributed by atoms with E-state index < -0.39 is 12.1 Å². The topological polar surface area (TPSA) is 118 Å². The van der Waals surface area contributed by atoms with Crippen LogP contribution in [0.1, 0.15) is 38.2 Å². The Kier molecular flexibility index (Phi) is 7.93. The van der Waals surface area contributed by atoms with Crippen LogP contribution in [0.4, 0.5) is 0 Å². The summed E-state index contributed by atoms with van der Waals surface area (Å²) in [6.45, 7) is 2.38. The number of imidazole rings is 1. The van der Waals surface area contributed by atoms with E-state index in [2.05, 4.69) is 15.0 Å². The number of aromatic nitrogens is 3. The lowest BCUT2D eigenvalue weighted by molar-refractivity contribution is -0.137. The molecule has 3 N–H and O–H groups in total. The smallest absolute Gasteiger partial charge is 0.303 e. The summed E-state index contributed by atoms with van der Waals surface area (Å²) in [5.41, 5.74) is 5.90. The molecule has 0 aliphatic carbocycles. The zero-order chi connectivity index (χ0) is 26.6. The largest absolute Gasteiger partial charge is 0.481 e. The molecule has 2 aromatic heterocycles. The van der Waals surface area contributed by atoms with Gasteiger partial charge in [0.1, 0.15) is 6.10 Å². The number of hydrogen-bond donors (Lipinski definition) is 3. The van der Waals surface area contributed by atoms with Gasteiger partial charge in [-0.1, -0.05) is 67.1 Å². The fourth-order valence-corrected chi connectivity index (χ4v) is 5.00. The number of halogens is 1. The summed E-state index contributed by atoms with van der Waals surface area (Å²) in [4.78, 5) is 23.0. The molecule has 9 heteroatoms. The van der Waals surface area contributed by atoms with Crippen LogP contribution in [-0.4, -0.2) is 56.1 Å². The summed E-state index contributed by atoms with van der Waals surface area (Å²) < 4.78 is 11.6. The average Bonchev–Trinajstić information content (AvgIpc) is 3.29. The third-order valence-corrected chi connectivity index (χ3v) is 7.11. The van der Waals surface area contributed by atoms with Crippen LogP contribution < -0.4 is 4.74 Å². The van der Waals surface area contributed by atoms with Crippen LogP contribution in [0.3, 0.4) is 0 Å². The summed E-state index contributed by atoms with van der Waals surface area (Å²) >= 11 is 6.58. The Morgan fingerprint density at radius 2 is 1.79 bits per heavy atom. The molecule has 1 fully saturated rings. The Balaban J connectivity index is 1.28. The van der Waals surface area contributed by atoms with Gasteiger partial charge in [-0.15, -0.1) is 0 Å². The van der Waals surface area contributed by atoms with E-state index >= 15 is 0 Å². The number of aromatic amines is 1. The molecule has 2 aromatic carbocycles. The van der Waals surface area contributed by atoms with E-state index in [4.69, 9.17) is 26.2 Å². The minimum atomic E-state index is -0.767. The Bertz CT molecular complexity index is 1400. The van der Waals surface area contributed by atoms with Gasteiger partial charge in [-0.3, -0.25) is 4.79 Å². The van der Waals surface area contributed by atoms with Crippen molar-refractivity contribution in [3.8, 4) is 28.4 Å². The molecule has 8 nitrogen and oxygen atoms in total. The molecule has 3 heterocycles. The number of rotatable bonds is 9. The van der Waals surface area contributed by atoms with E-state index in [1.54, 1.807) is 6.07 Å². The Labute approximate surface area is 225 Å². The average molecular weight is 536 g/mol. The lowest BCUT2D eigenvalue weighted by atomic mass is 10.00. The van der Waals surface area contributed by atoms with Crippen molar-refractivity contribution in [1.82, 2.24) is 15.0 Å². The molecule has 0 radical (unpaired) electrons. The number of benzene rings is 2. The molecule has 0 saturated carbocycles. The number of fused-ring (bicyclic) bond motifs is 1. The van der Waals surface area contributed by atoms with Crippen molar-refractivity contribution in [2.24, 2.45) is 0 Å². The number of aliphatic hydroxyl groups excluding tert-OH is 1. The van der Waals surface area contributed by atoms with Gasteiger partial charge in [-0.25, -0.2) is 4.98 Å². The second kappa shape index (κ2) is 11.5. The molecule has 0 spiro atoms. The lowest BCUT2D eigenvalue weighted by Gasteiger charge is -2.32. The molecule has 0 unspecified atom stereocenters. The fraction of sp³-hybridized carbons (Fsp3) is 0.345. The van der Waals surface area contributed by atoms with Crippen LogP contribution in [0.2, 0.25) is 5.02 Å². The highest BCUT2D eigenvalue weighted by Crippen LogP contribution is 2.32. The van der Waals surface area contributed by atoms with Crippen LogP contribution in [-0.2, 0) is 16.0 Å². The Hall–Kier alpha value is -3.46. The highest BCUT2D eigenvalue weighted by atomic mass is 35.5. The van der Waals surface area contributed by atoms with Crippen LogP contribution in [0, 0.1) is 0 Å². The van der Waals surface area contributed by atoms with Gasteiger partial charge in [-0.2, -0.15) is 4.98 Å². The normalized spacial score (nSPS) is 19.5. The van der Waals surface area contributed by atoms with Gasteiger partial charge >= 0.3 is 5.97 Å². The molecule has 1 aliphatic rings. The first-order valence-electron chi connectivity index (χ1n) is 12.8. The van der Waals surface area contributed by atoms with Crippen molar-refractivity contribution in [3.05, 3.63) is 65.2 Å². The number of aryl methyl sites for hydroxylation is 1. The number of nitrogens with one attached hydrogen (secondary N) is 1. The Morgan fingerprint density at radius 1 is 1.11 bits per heavy atom. The quantitative estimate of drug-likeness (QED) is 0.253. The van der Waals surface area contributed by atoms with Crippen molar-refractivity contribution in [3.63, 3.8) is 0 Å². The van der Waals surface area contributed by atoms with Crippen molar-refractivity contribution < 1.29 is 24.5 Å². The number of aliphatic hydroxyl groups is 1. The number of pyridine rings is 1. The first kappa shape index (κ1) is 26.2. The van der Waals surface area contributed by atoms with Gasteiger partial charge in [0.2, 0.25) is 0 Å². The van der Waals surface area contributed by atoms with Gasteiger partial charge in [0.15, 0.2) is 5.65 Å².